The van der Waals surface area contributed by atoms with Crippen LogP contribution in [0.25, 0.3) is 0 Å². The molecule has 0 bridgehead atoms. The van der Waals surface area contributed by atoms with E-state index < -0.39 is 98.3 Å². The molecule has 0 N–H and O–H groups in total. The second-order valence-corrected chi connectivity index (χ2v) is 41.8. The van der Waals surface area contributed by atoms with E-state index in [2.05, 4.69) is 163 Å². The number of allylic oxidation sites excluding steroid dienone is 4. The summed E-state index contributed by atoms with van der Waals surface area (Å²) in [5.41, 5.74) is 2.61. The lowest BCUT2D eigenvalue weighted by Crippen LogP contribution is -2.41. The van der Waals surface area contributed by atoms with Gasteiger partial charge in [-0.05, 0) is 149 Å². The Labute approximate surface area is 718 Å². The number of benzene rings is 4. The molecule has 0 spiro atoms. The van der Waals surface area contributed by atoms with Crippen molar-refractivity contribution in [3.8, 4) is 0 Å². The standard InChI is InChI=1S/2C11H12F4.C11H15N3O.C11H16O2S.C10H14.C9H15NO.C9H17N.C7H16.C6H14.C5H12O2S.C3H8O2S.C2H6/c2*1-5(2)4-7-10(14)8(12)6(3)9(13)11(7)15;1-8(2)7-14-11(15)9-5-3-4-6-10(9)12-13-14;1-9(2)8-14(12,13)11-6-4-10(3)5-7-11;1-9(2)8-10-6-4-3-5-7-10;1-7(2)6-10-8(3)4-5-9(10)11;1-8(2)7-10-6-4-5-9(10)3;1-6(2)5-7(3)4;1-4-5-6(2)3;1-5(2)4-8(3,6)7;1-3-6(2,4)5;1-2/h2*5H,4H2,1-3H3;3-6,8-10H,7H2,1-2H3;4-7,9H,8H2,1-3H3;3-7,9H,8H2,1-2H3;7H,3-6H2,1-2H3;8H,3-7H2,1-2H3;6-7H,5H2,1-4H3;6H,4-5H2,1-3H3;5H,4H2,1-3H3;3H2,1-2H3;1-2H3. The topological polar surface area (TPSA) is 171 Å². The largest absolute Gasteiger partial charge is 0.375 e. The molecule has 2 amide bonds. The Morgan fingerprint density at radius 2 is 0.874 bits per heavy atom. The number of carbonyl (C=O) groups excluding carboxylic acids is 2. The Bertz CT molecular complexity index is 3850. The average Bonchev–Trinajstić information content (AvgIpc) is 1.70. The summed E-state index contributed by atoms with van der Waals surface area (Å²) in [5, 5.41) is 9.57. The molecule has 13 nitrogen and oxygen atoms in total. The lowest BCUT2D eigenvalue weighted by Gasteiger charge is -2.29. The van der Waals surface area contributed by atoms with Gasteiger partial charge in [-0.25, -0.2) is 65.4 Å². The molecule has 2 saturated heterocycles. The maximum atomic E-state index is 13.3. The molecule has 3 aliphatic heterocycles. The van der Waals surface area contributed by atoms with Crippen LogP contribution >= 0.6 is 0 Å². The van der Waals surface area contributed by atoms with Crippen molar-refractivity contribution in [3.05, 3.63) is 183 Å². The van der Waals surface area contributed by atoms with Crippen LogP contribution in [0.3, 0.4) is 0 Å². The SMILES string of the molecule is C=C1CCC(=O)N1CC(C)C.C=C1CCCN1CC(C)C.CC.CC(C)CC(C)C.CC(C)CN1N=NC2C=CC=CC2C1=O.CC(C)CS(C)(=O)=O.CC(C)Cc1ccccc1.CCCC(C)C.CCS(C)(=O)=O.Cc1c(F)c(F)c(CC(C)C)c(F)c1F.Cc1c(F)c(F)c(CC(C)C)c(F)c1F.Cc1ccc(S(=O)(=O)CC(C)C)cc1. The number of rotatable bonds is 22. The molecule has 119 heavy (non-hydrogen) atoms. The van der Waals surface area contributed by atoms with Crippen molar-refractivity contribution in [3.63, 3.8) is 0 Å². The molecule has 0 saturated carbocycles. The second-order valence-electron chi connectivity index (χ2n) is 35.2. The van der Waals surface area contributed by atoms with Gasteiger partial charge >= 0.3 is 0 Å². The highest BCUT2D eigenvalue weighted by atomic mass is 32.2. The van der Waals surface area contributed by atoms with Crippen LogP contribution < -0.4 is 0 Å². The lowest BCUT2D eigenvalue weighted by atomic mass is 9.94. The number of carbonyl (C=O) groups is 2. The van der Waals surface area contributed by atoms with Crippen LogP contribution in [0.4, 0.5) is 35.1 Å². The van der Waals surface area contributed by atoms with E-state index in [1.165, 1.54) is 80.4 Å². The van der Waals surface area contributed by atoms with Crippen LogP contribution in [0.2, 0.25) is 0 Å². The second kappa shape index (κ2) is 61.7. The smallest absolute Gasteiger partial charge is 0.253 e. The molecule has 8 rings (SSSR count). The van der Waals surface area contributed by atoms with Crippen LogP contribution in [-0.2, 0) is 58.4 Å². The minimum absolute atomic E-state index is 0.0220. The minimum atomic E-state index is -3.08. The van der Waals surface area contributed by atoms with Gasteiger partial charge in [-0.3, -0.25) is 9.59 Å². The van der Waals surface area contributed by atoms with Gasteiger partial charge in [0.15, 0.2) is 56.4 Å². The lowest BCUT2D eigenvalue weighted by molar-refractivity contribution is -0.137. The van der Waals surface area contributed by atoms with E-state index in [9.17, 15) is 70.0 Å². The number of aryl methyl sites for hydroxylation is 1. The molecule has 0 aromatic heterocycles. The van der Waals surface area contributed by atoms with E-state index in [1.54, 1.807) is 46.8 Å². The van der Waals surface area contributed by atoms with E-state index in [0.29, 0.717) is 35.4 Å². The van der Waals surface area contributed by atoms with Crippen molar-refractivity contribution in [2.24, 2.45) is 81.4 Å². The zero-order valence-corrected chi connectivity index (χ0v) is 81.1. The molecule has 2 atom stereocenters. The fraction of sp³-hybridized carbons (Fsp3) is 0.642. The molecule has 0 radical (unpaired) electrons. The van der Waals surface area contributed by atoms with Crippen molar-refractivity contribution >= 4 is 41.3 Å². The molecule has 684 valence electrons. The molecule has 4 aromatic carbocycles. The van der Waals surface area contributed by atoms with E-state index in [4.69, 9.17) is 0 Å². The normalized spacial score (nSPS) is 14.7. The van der Waals surface area contributed by atoms with Crippen LogP contribution in [-0.4, -0.2) is 114 Å². The maximum absolute atomic E-state index is 13.3. The van der Waals surface area contributed by atoms with Crippen LogP contribution in [0.5, 0.6) is 0 Å². The van der Waals surface area contributed by atoms with Crippen molar-refractivity contribution < 1.29 is 70.0 Å². The Morgan fingerprint density at radius 3 is 1.17 bits per heavy atom. The fourth-order valence-electron chi connectivity index (χ4n) is 11.7. The maximum Gasteiger partial charge on any atom is 0.253 e. The summed E-state index contributed by atoms with van der Waals surface area (Å²) in [5.74, 6) is -4.00. The fourth-order valence-corrected chi connectivity index (χ4v) is 14.6. The van der Waals surface area contributed by atoms with Gasteiger partial charge in [0.25, 0.3) is 5.91 Å². The summed E-state index contributed by atoms with van der Waals surface area (Å²) in [6.07, 6.45) is 19.3. The number of halogens is 8. The van der Waals surface area contributed by atoms with Crippen molar-refractivity contribution in [2.45, 2.75) is 276 Å². The summed E-state index contributed by atoms with van der Waals surface area (Å²) in [6, 6.07) is 17.5. The van der Waals surface area contributed by atoms with Crippen LogP contribution in [0.1, 0.15) is 258 Å². The number of hydrogen-bond acceptors (Lipinski definition) is 11. The molecular weight excluding hydrogens is 1590 g/mol. The summed E-state index contributed by atoms with van der Waals surface area (Å²) < 4.78 is 170. The van der Waals surface area contributed by atoms with Gasteiger partial charge in [-0.15, -0.1) is 0 Å². The highest BCUT2D eigenvalue weighted by Crippen LogP contribution is 2.29. The summed E-state index contributed by atoms with van der Waals surface area (Å²) in [6.45, 7) is 68.9. The summed E-state index contributed by atoms with van der Waals surface area (Å²) >= 11 is 0. The Morgan fingerprint density at radius 1 is 0.462 bits per heavy atom. The van der Waals surface area contributed by atoms with Crippen molar-refractivity contribution in [1.82, 2.24) is 14.8 Å². The molecule has 4 aliphatic rings. The number of amides is 2. The predicted molar refractivity (Wildman–Crippen MR) is 484 cm³/mol. The number of fused-ring (bicyclic) bond motifs is 1. The Hall–Kier alpha value is -6.53. The number of likely N-dealkylation sites (tertiary alicyclic amines) is 2. The van der Waals surface area contributed by atoms with Crippen molar-refractivity contribution in [1.29, 1.82) is 0 Å². The first-order valence-electron chi connectivity index (χ1n) is 42.6. The van der Waals surface area contributed by atoms with Gasteiger partial charge in [0.1, 0.15) is 25.7 Å². The number of sulfone groups is 3. The molecule has 2 unspecified atom stereocenters. The van der Waals surface area contributed by atoms with Gasteiger partial charge in [0.05, 0.1) is 22.3 Å². The first-order chi connectivity index (χ1) is 54.8. The zero-order chi connectivity index (χ0) is 93.3. The third-order valence-electron chi connectivity index (χ3n) is 17.0. The van der Waals surface area contributed by atoms with Gasteiger partial charge in [-0.1, -0.05) is 284 Å². The summed E-state index contributed by atoms with van der Waals surface area (Å²) in [7, 11) is -8.46. The molecule has 2 fully saturated rings. The number of nitrogens with zero attached hydrogens (tertiary/aromatic N) is 5. The van der Waals surface area contributed by atoms with Crippen LogP contribution in [0.15, 0.2) is 119 Å². The Kier molecular flexibility index (Phi) is 61.6. The van der Waals surface area contributed by atoms with Gasteiger partial charge in [-0.2, -0.15) is 5.11 Å². The summed E-state index contributed by atoms with van der Waals surface area (Å²) in [4.78, 5) is 27.8. The highest BCUT2D eigenvalue weighted by molar-refractivity contribution is 7.91. The first-order valence-corrected chi connectivity index (χ1v) is 48.4. The van der Waals surface area contributed by atoms with Crippen LogP contribution in [0, 0.1) is 138 Å². The molecule has 24 heteroatoms. The van der Waals surface area contributed by atoms with E-state index in [0.717, 1.165) is 67.7 Å². The third kappa shape index (κ3) is 54.6. The molecule has 4 aromatic rings. The highest BCUT2D eigenvalue weighted by Gasteiger charge is 2.34. The van der Waals surface area contributed by atoms with E-state index in [-0.39, 0.29) is 71.8 Å². The molecule has 1 aliphatic carbocycles. The Balaban J connectivity index is -0.000000618. The van der Waals surface area contributed by atoms with E-state index in [1.807, 2.05) is 89.8 Å². The third-order valence-corrected chi connectivity index (χ3v) is 21.4. The average molecular weight is 1750 g/mol. The van der Waals surface area contributed by atoms with E-state index >= 15 is 0 Å². The van der Waals surface area contributed by atoms with Crippen molar-refractivity contribution in [2.75, 3.05) is 55.9 Å². The monoisotopic (exact) mass is 1740 g/mol. The molecule has 3 heterocycles. The zero-order valence-electron chi connectivity index (χ0n) is 78.7. The van der Waals surface area contributed by atoms with Gasteiger partial charge in [0, 0.05) is 84.5 Å². The minimum Gasteiger partial charge on any atom is -0.375 e. The first kappa shape index (κ1) is 119. The number of hydrogen-bond donors (Lipinski definition) is 0. The quantitative estimate of drug-likeness (QED) is 0.0548. The predicted octanol–water partition coefficient (Wildman–Crippen LogP) is 25.7. The molecular formula is C95H157F8N5O8S3. The van der Waals surface area contributed by atoms with Gasteiger partial charge < -0.3 is 9.80 Å². The van der Waals surface area contributed by atoms with Gasteiger partial charge in [0.2, 0.25) is 5.91 Å².